The SMILES string of the molecule is CCNc1ncnc(N)c1C(N)=O. The van der Waals surface area contributed by atoms with Crippen LogP contribution >= 0.6 is 0 Å². The van der Waals surface area contributed by atoms with Crippen molar-refractivity contribution in [2.45, 2.75) is 6.92 Å². The molecule has 0 aliphatic rings. The predicted molar refractivity (Wildman–Crippen MR) is 49.1 cm³/mol. The highest BCUT2D eigenvalue weighted by molar-refractivity contribution is 6.01. The van der Waals surface area contributed by atoms with E-state index < -0.39 is 5.91 Å². The lowest BCUT2D eigenvalue weighted by atomic mass is 10.2. The topological polar surface area (TPSA) is 107 Å². The van der Waals surface area contributed by atoms with Crippen LogP contribution in [0.3, 0.4) is 0 Å². The van der Waals surface area contributed by atoms with Gasteiger partial charge in [-0.2, -0.15) is 0 Å². The highest BCUT2D eigenvalue weighted by Gasteiger charge is 2.13. The molecular formula is C7H11N5O. The maximum absolute atomic E-state index is 10.9. The molecule has 0 radical (unpaired) electrons. The van der Waals surface area contributed by atoms with Gasteiger partial charge in [-0.3, -0.25) is 4.79 Å². The molecule has 0 bridgehead atoms. The Bertz CT molecular complexity index is 325. The molecule has 1 heterocycles. The molecule has 0 aliphatic heterocycles. The third-order valence-corrected chi connectivity index (χ3v) is 1.47. The number of carbonyl (C=O) groups is 1. The number of hydrogen-bond donors (Lipinski definition) is 3. The van der Waals surface area contributed by atoms with Crippen molar-refractivity contribution in [1.29, 1.82) is 0 Å². The number of nitrogens with one attached hydrogen (secondary N) is 1. The second kappa shape index (κ2) is 3.70. The quantitative estimate of drug-likeness (QED) is 0.587. The molecule has 0 aromatic carbocycles. The van der Waals surface area contributed by atoms with Crippen LogP contribution in [0, 0.1) is 0 Å². The molecule has 13 heavy (non-hydrogen) atoms. The molecule has 1 aromatic heterocycles. The number of carbonyl (C=O) groups excluding carboxylic acids is 1. The van der Waals surface area contributed by atoms with Crippen molar-refractivity contribution in [1.82, 2.24) is 9.97 Å². The summed E-state index contributed by atoms with van der Waals surface area (Å²) < 4.78 is 0. The summed E-state index contributed by atoms with van der Waals surface area (Å²) in [6.07, 6.45) is 1.28. The first kappa shape index (κ1) is 9.24. The molecule has 0 saturated heterocycles. The van der Waals surface area contributed by atoms with E-state index in [1.165, 1.54) is 6.33 Å². The number of amides is 1. The Morgan fingerprint density at radius 3 is 2.85 bits per heavy atom. The average molecular weight is 181 g/mol. The van der Waals surface area contributed by atoms with Gasteiger partial charge in [0.1, 0.15) is 23.5 Å². The Balaban J connectivity index is 3.17. The number of hydrogen-bond acceptors (Lipinski definition) is 5. The van der Waals surface area contributed by atoms with E-state index in [0.717, 1.165) is 0 Å². The van der Waals surface area contributed by atoms with Crippen LogP contribution < -0.4 is 16.8 Å². The van der Waals surface area contributed by atoms with Crippen LogP contribution in [-0.4, -0.2) is 22.4 Å². The first-order valence-corrected chi connectivity index (χ1v) is 3.81. The van der Waals surface area contributed by atoms with Crippen molar-refractivity contribution in [2.75, 3.05) is 17.6 Å². The van der Waals surface area contributed by atoms with Crippen LogP contribution in [-0.2, 0) is 0 Å². The molecule has 6 nitrogen and oxygen atoms in total. The summed E-state index contributed by atoms with van der Waals surface area (Å²) in [4.78, 5) is 18.5. The van der Waals surface area contributed by atoms with E-state index in [4.69, 9.17) is 11.5 Å². The number of primary amides is 1. The lowest BCUT2D eigenvalue weighted by Crippen LogP contribution is -2.18. The minimum Gasteiger partial charge on any atom is -0.383 e. The van der Waals surface area contributed by atoms with Crippen LogP contribution in [0.2, 0.25) is 0 Å². The summed E-state index contributed by atoms with van der Waals surface area (Å²) in [5.41, 5.74) is 10.7. The normalized spacial score (nSPS) is 9.62. The van der Waals surface area contributed by atoms with Gasteiger partial charge in [0, 0.05) is 6.54 Å². The largest absolute Gasteiger partial charge is 0.383 e. The molecule has 1 rings (SSSR count). The van der Waals surface area contributed by atoms with Gasteiger partial charge >= 0.3 is 0 Å². The second-order valence-corrected chi connectivity index (χ2v) is 2.38. The van der Waals surface area contributed by atoms with E-state index in [2.05, 4.69) is 15.3 Å². The van der Waals surface area contributed by atoms with Gasteiger partial charge in [0.15, 0.2) is 0 Å². The Morgan fingerprint density at radius 1 is 1.62 bits per heavy atom. The molecular weight excluding hydrogens is 170 g/mol. The van der Waals surface area contributed by atoms with Gasteiger partial charge in [0.25, 0.3) is 5.91 Å². The molecule has 0 spiro atoms. The highest BCUT2D eigenvalue weighted by Crippen LogP contribution is 2.15. The Hall–Kier alpha value is -1.85. The number of rotatable bonds is 3. The maximum Gasteiger partial charge on any atom is 0.256 e. The van der Waals surface area contributed by atoms with Crippen LogP contribution in [0.1, 0.15) is 17.3 Å². The summed E-state index contributed by atoms with van der Waals surface area (Å²) in [6, 6.07) is 0. The van der Waals surface area contributed by atoms with Crippen molar-refractivity contribution in [3.05, 3.63) is 11.9 Å². The van der Waals surface area contributed by atoms with E-state index in [1.54, 1.807) is 0 Å². The molecule has 0 fully saturated rings. The van der Waals surface area contributed by atoms with Gasteiger partial charge in [-0.1, -0.05) is 0 Å². The summed E-state index contributed by atoms with van der Waals surface area (Å²) in [5.74, 6) is -0.157. The Morgan fingerprint density at radius 2 is 2.31 bits per heavy atom. The molecule has 0 unspecified atom stereocenters. The van der Waals surface area contributed by atoms with Gasteiger partial charge in [0.2, 0.25) is 0 Å². The molecule has 6 heteroatoms. The van der Waals surface area contributed by atoms with Gasteiger partial charge in [-0.25, -0.2) is 9.97 Å². The third kappa shape index (κ3) is 1.84. The lowest BCUT2D eigenvalue weighted by molar-refractivity contribution is 0.100. The molecule has 5 N–H and O–H groups in total. The van der Waals surface area contributed by atoms with E-state index in [-0.39, 0.29) is 11.4 Å². The fraction of sp³-hybridized carbons (Fsp3) is 0.286. The second-order valence-electron chi connectivity index (χ2n) is 2.38. The zero-order valence-corrected chi connectivity index (χ0v) is 7.24. The molecule has 70 valence electrons. The predicted octanol–water partition coefficient (Wildman–Crippen LogP) is -0.411. The van der Waals surface area contributed by atoms with Gasteiger partial charge in [-0.05, 0) is 6.92 Å². The summed E-state index contributed by atoms with van der Waals surface area (Å²) in [5, 5.41) is 2.87. The molecule has 1 amide bonds. The number of aromatic nitrogens is 2. The van der Waals surface area contributed by atoms with Crippen molar-refractivity contribution in [3.63, 3.8) is 0 Å². The summed E-state index contributed by atoms with van der Waals surface area (Å²) >= 11 is 0. The minimum atomic E-state index is -0.631. The third-order valence-electron chi connectivity index (χ3n) is 1.47. The zero-order valence-electron chi connectivity index (χ0n) is 7.24. The molecule has 1 aromatic rings. The standard InChI is InChI=1S/C7H11N5O/c1-2-10-7-4(6(9)13)5(8)11-3-12-7/h3H,2H2,1H3,(H2,9,13)(H3,8,10,11,12). The van der Waals surface area contributed by atoms with Gasteiger partial charge < -0.3 is 16.8 Å². The van der Waals surface area contributed by atoms with Crippen molar-refractivity contribution < 1.29 is 4.79 Å². The van der Waals surface area contributed by atoms with E-state index in [9.17, 15) is 4.79 Å². The van der Waals surface area contributed by atoms with Crippen LogP contribution in [0.4, 0.5) is 11.6 Å². The fourth-order valence-corrected chi connectivity index (χ4v) is 0.944. The number of anilines is 2. The fourth-order valence-electron chi connectivity index (χ4n) is 0.944. The monoisotopic (exact) mass is 181 g/mol. The lowest BCUT2D eigenvalue weighted by Gasteiger charge is -2.07. The smallest absolute Gasteiger partial charge is 0.256 e. The Labute approximate surface area is 75.4 Å². The average Bonchev–Trinajstić information content (AvgIpc) is 2.04. The minimum absolute atomic E-state index is 0.0958. The zero-order chi connectivity index (χ0) is 9.84. The molecule has 0 saturated carbocycles. The van der Waals surface area contributed by atoms with Gasteiger partial charge in [0.05, 0.1) is 0 Å². The summed E-state index contributed by atoms with van der Waals surface area (Å²) in [6.45, 7) is 2.51. The van der Waals surface area contributed by atoms with Gasteiger partial charge in [-0.15, -0.1) is 0 Å². The first-order chi connectivity index (χ1) is 6.16. The van der Waals surface area contributed by atoms with Crippen LogP contribution in [0.15, 0.2) is 6.33 Å². The molecule has 0 aliphatic carbocycles. The maximum atomic E-state index is 10.9. The van der Waals surface area contributed by atoms with Crippen LogP contribution in [0.5, 0.6) is 0 Å². The van der Waals surface area contributed by atoms with E-state index >= 15 is 0 Å². The number of nitrogens with zero attached hydrogens (tertiary/aromatic N) is 2. The van der Waals surface area contributed by atoms with Crippen molar-refractivity contribution in [3.8, 4) is 0 Å². The number of nitrogen functional groups attached to an aromatic ring is 1. The van der Waals surface area contributed by atoms with Crippen molar-refractivity contribution in [2.24, 2.45) is 5.73 Å². The van der Waals surface area contributed by atoms with E-state index in [1.807, 2.05) is 6.92 Å². The van der Waals surface area contributed by atoms with E-state index in [0.29, 0.717) is 12.4 Å². The Kier molecular flexibility index (Phi) is 2.63. The van der Waals surface area contributed by atoms with Crippen molar-refractivity contribution >= 4 is 17.5 Å². The van der Waals surface area contributed by atoms with Crippen LogP contribution in [0.25, 0.3) is 0 Å². The number of nitrogens with two attached hydrogens (primary N) is 2. The first-order valence-electron chi connectivity index (χ1n) is 3.81. The molecule has 0 atom stereocenters. The highest BCUT2D eigenvalue weighted by atomic mass is 16.1. The summed E-state index contributed by atoms with van der Waals surface area (Å²) in [7, 11) is 0.